The van der Waals surface area contributed by atoms with Crippen LogP contribution in [0.5, 0.6) is 11.5 Å². The van der Waals surface area contributed by atoms with E-state index < -0.39 is 8.60 Å². The Morgan fingerprint density at radius 1 is 0.643 bits per heavy atom. The maximum atomic E-state index is 5.94. The highest BCUT2D eigenvalue weighted by atomic mass is 31.2. The van der Waals surface area contributed by atoms with Crippen LogP contribution in [0.3, 0.4) is 0 Å². The highest BCUT2D eigenvalue weighted by Gasteiger charge is 2.16. The molecule has 0 fully saturated rings. The Hall–Kier alpha value is -1.57. The molecule has 0 aliphatic carbocycles. The first-order valence-electron chi connectivity index (χ1n) is 10.6. The molecule has 0 aliphatic heterocycles. The SMILES string of the molecule is CC(C)CCCCCCCCCOP(Oc1ccccc1)Oc1ccccc1. The van der Waals surface area contributed by atoms with Gasteiger partial charge in [0.2, 0.25) is 0 Å². The fourth-order valence-corrected chi connectivity index (χ4v) is 3.89. The first-order chi connectivity index (χ1) is 13.7. The second-order valence-corrected chi connectivity index (χ2v) is 8.59. The number of rotatable bonds is 15. The Labute approximate surface area is 172 Å². The molecule has 0 aromatic heterocycles. The molecule has 0 aliphatic rings. The first kappa shape index (κ1) is 22.7. The van der Waals surface area contributed by atoms with E-state index in [-0.39, 0.29) is 0 Å². The van der Waals surface area contributed by atoms with E-state index >= 15 is 0 Å². The van der Waals surface area contributed by atoms with Crippen molar-refractivity contribution in [2.45, 2.75) is 65.2 Å². The van der Waals surface area contributed by atoms with Crippen molar-refractivity contribution >= 4 is 8.60 Å². The van der Waals surface area contributed by atoms with Crippen LogP contribution in [0, 0.1) is 5.92 Å². The molecule has 0 unspecified atom stereocenters. The fraction of sp³-hybridized carbons (Fsp3) is 0.500. The molecule has 0 atom stereocenters. The zero-order valence-corrected chi connectivity index (χ0v) is 18.3. The van der Waals surface area contributed by atoms with Crippen LogP contribution in [-0.4, -0.2) is 6.61 Å². The Bertz CT molecular complexity index is 562. The molecule has 0 saturated carbocycles. The molecule has 0 spiro atoms. The summed E-state index contributed by atoms with van der Waals surface area (Å²) in [5, 5.41) is 0. The Morgan fingerprint density at radius 3 is 1.61 bits per heavy atom. The van der Waals surface area contributed by atoms with E-state index in [9.17, 15) is 0 Å². The van der Waals surface area contributed by atoms with Crippen molar-refractivity contribution in [2.24, 2.45) is 5.92 Å². The number of benzene rings is 2. The van der Waals surface area contributed by atoms with Gasteiger partial charge in [-0.05, 0) is 36.6 Å². The Morgan fingerprint density at radius 2 is 1.11 bits per heavy atom. The van der Waals surface area contributed by atoms with Crippen LogP contribution in [0.1, 0.15) is 65.2 Å². The van der Waals surface area contributed by atoms with Crippen molar-refractivity contribution < 1.29 is 13.6 Å². The average molecular weight is 403 g/mol. The highest BCUT2D eigenvalue weighted by Crippen LogP contribution is 2.41. The van der Waals surface area contributed by atoms with Gasteiger partial charge in [0.15, 0.2) is 0 Å². The fourth-order valence-electron chi connectivity index (χ4n) is 2.88. The molecule has 0 N–H and O–H groups in total. The number of para-hydroxylation sites is 2. The van der Waals surface area contributed by atoms with Gasteiger partial charge in [0.1, 0.15) is 11.5 Å². The molecule has 3 nitrogen and oxygen atoms in total. The standard InChI is InChI=1S/C24H35O3P/c1-22(2)16-10-6-4-3-5-7-15-21-25-28(26-23-17-11-8-12-18-23)27-24-19-13-9-14-20-24/h8-9,11-14,17-20,22H,3-7,10,15-16,21H2,1-2H3. The average Bonchev–Trinajstić information content (AvgIpc) is 2.70. The van der Waals surface area contributed by atoms with Gasteiger partial charge in [-0.25, -0.2) is 0 Å². The van der Waals surface area contributed by atoms with Crippen molar-refractivity contribution in [1.82, 2.24) is 0 Å². The topological polar surface area (TPSA) is 27.7 Å². The van der Waals surface area contributed by atoms with Crippen LogP contribution in [0.4, 0.5) is 0 Å². The lowest BCUT2D eigenvalue weighted by Crippen LogP contribution is -2.01. The predicted molar refractivity (Wildman–Crippen MR) is 119 cm³/mol. The van der Waals surface area contributed by atoms with Gasteiger partial charge in [0.05, 0.1) is 6.61 Å². The van der Waals surface area contributed by atoms with E-state index in [0.29, 0.717) is 6.61 Å². The highest BCUT2D eigenvalue weighted by molar-refractivity contribution is 7.42. The van der Waals surface area contributed by atoms with Crippen molar-refractivity contribution in [2.75, 3.05) is 6.61 Å². The van der Waals surface area contributed by atoms with Crippen molar-refractivity contribution in [1.29, 1.82) is 0 Å². The largest absolute Gasteiger partial charge is 0.463 e. The molecule has 0 amide bonds. The molecular formula is C24H35O3P. The van der Waals surface area contributed by atoms with Gasteiger partial charge in [-0.1, -0.05) is 95.2 Å². The summed E-state index contributed by atoms with van der Waals surface area (Å²) in [6, 6.07) is 19.4. The monoisotopic (exact) mass is 402 g/mol. The molecule has 28 heavy (non-hydrogen) atoms. The minimum atomic E-state index is -1.45. The van der Waals surface area contributed by atoms with Crippen LogP contribution >= 0.6 is 8.60 Å². The summed E-state index contributed by atoms with van der Waals surface area (Å²) in [6.07, 6.45) is 10.3. The zero-order chi connectivity index (χ0) is 19.9. The van der Waals surface area contributed by atoms with Crippen molar-refractivity contribution in [3.8, 4) is 11.5 Å². The minimum absolute atomic E-state index is 0.665. The van der Waals surface area contributed by atoms with Gasteiger partial charge in [-0.2, -0.15) is 0 Å². The third-order valence-electron chi connectivity index (χ3n) is 4.47. The summed E-state index contributed by atoms with van der Waals surface area (Å²) in [4.78, 5) is 0. The second-order valence-electron chi connectivity index (χ2n) is 7.52. The molecule has 0 saturated heterocycles. The molecule has 4 heteroatoms. The lowest BCUT2D eigenvalue weighted by molar-refractivity contribution is 0.258. The number of hydrogen-bond donors (Lipinski definition) is 0. The van der Waals surface area contributed by atoms with Gasteiger partial charge < -0.3 is 9.05 Å². The van der Waals surface area contributed by atoms with E-state index in [4.69, 9.17) is 13.6 Å². The Kier molecular flexibility index (Phi) is 11.7. The normalized spacial score (nSPS) is 11.1. The molecule has 2 aromatic carbocycles. The molecule has 154 valence electrons. The maximum absolute atomic E-state index is 5.94. The third-order valence-corrected chi connectivity index (χ3v) is 5.58. The minimum Gasteiger partial charge on any atom is -0.418 e. The van der Waals surface area contributed by atoms with Crippen molar-refractivity contribution in [3.05, 3.63) is 60.7 Å². The van der Waals surface area contributed by atoms with Crippen LogP contribution < -0.4 is 9.05 Å². The number of hydrogen-bond acceptors (Lipinski definition) is 3. The first-order valence-corrected chi connectivity index (χ1v) is 11.7. The van der Waals surface area contributed by atoms with Gasteiger partial charge in [0, 0.05) is 0 Å². The lowest BCUT2D eigenvalue weighted by atomic mass is 10.0. The van der Waals surface area contributed by atoms with Gasteiger partial charge in [0.25, 0.3) is 0 Å². The van der Waals surface area contributed by atoms with Gasteiger partial charge >= 0.3 is 8.60 Å². The van der Waals surface area contributed by atoms with E-state index in [1.807, 2.05) is 60.7 Å². The van der Waals surface area contributed by atoms with Gasteiger partial charge in [-0.15, -0.1) is 0 Å². The van der Waals surface area contributed by atoms with E-state index in [1.54, 1.807) is 0 Å². The molecule has 0 bridgehead atoms. The maximum Gasteiger partial charge on any atom is 0.463 e. The molecule has 0 radical (unpaired) electrons. The molecule has 0 heterocycles. The summed E-state index contributed by atoms with van der Waals surface area (Å²) in [5.74, 6) is 2.38. The lowest BCUT2D eigenvalue weighted by Gasteiger charge is -2.17. The van der Waals surface area contributed by atoms with Crippen molar-refractivity contribution in [3.63, 3.8) is 0 Å². The third kappa shape index (κ3) is 10.7. The molecule has 2 rings (SSSR count). The Balaban J connectivity index is 1.63. The van der Waals surface area contributed by atoms with Crippen LogP contribution in [0.15, 0.2) is 60.7 Å². The summed E-state index contributed by atoms with van der Waals surface area (Å²) < 4.78 is 17.8. The van der Waals surface area contributed by atoms with Crippen LogP contribution in [0.2, 0.25) is 0 Å². The van der Waals surface area contributed by atoms with Gasteiger partial charge in [-0.3, -0.25) is 4.52 Å². The smallest absolute Gasteiger partial charge is 0.418 e. The van der Waals surface area contributed by atoms with Crippen LogP contribution in [0.25, 0.3) is 0 Å². The van der Waals surface area contributed by atoms with E-state index in [1.165, 1.54) is 44.9 Å². The van der Waals surface area contributed by atoms with E-state index in [2.05, 4.69) is 13.8 Å². The van der Waals surface area contributed by atoms with E-state index in [0.717, 1.165) is 23.8 Å². The zero-order valence-electron chi connectivity index (χ0n) is 17.4. The quantitative estimate of drug-likeness (QED) is 0.222. The number of unbranched alkanes of at least 4 members (excludes halogenated alkanes) is 6. The molecule has 2 aromatic rings. The van der Waals surface area contributed by atoms with Crippen LogP contribution in [-0.2, 0) is 4.52 Å². The second kappa shape index (κ2) is 14.4. The summed E-state index contributed by atoms with van der Waals surface area (Å²) in [5.41, 5.74) is 0. The summed E-state index contributed by atoms with van der Waals surface area (Å²) in [6.45, 7) is 5.27. The summed E-state index contributed by atoms with van der Waals surface area (Å²) >= 11 is 0. The summed E-state index contributed by atoms with van der Waals surface area (Å²) in [7, 11) is -1.45. The molecular weight excluding hydrogens is 367 g/mol. The predicted octanol–water partition coefficient (Wildman–Crippen LogP) is 8.16.